The number of fused-ring (bicyclic) bond motifs is 3. The van der Waals surface area contributed by atoms with E-state index < -0.39 is 35.1 Å². The predicted octanol–water partition coefficient (Wildman–Crippen LogP) is 8.47. The lowest BCUT2D eigenvalue weighted by atomic mass is 9.65. The summed E-state index contributed by atoms with van der Waals surface area (Å²) in [4.78, 5) is 0. The van der Waals surface area contributed by atoms with Crippen LogP contribution in [0.4, 0.5) is 26.3 Å². The van der Waals surface area contributed by atoms with Gasteiger partial charge in [-0.05, 0) is 91.2 Å². The van der Waals surface area contributed by atoms with E-state index in [9.17, 15) is 17.6 Å². The van der Waals surface area contributed by atoms with Crippen molar-refractivity contribution in [3.05, 3.63) is 65.0 Å². The minimum absolute atomic E-state index is 0.0851. The van der Waals surface area contributed by atoms with Gasteiger partial charge < -0.3 is 4.74 Å². The Morgan fingerprint density at radius 3 is 2.52 bits per heavy atom. The van der Waals surface area contributed by atoms with Crippen LogP contribution in [0.2, 0.25) is 0 Å². The third-order valence-corrected chi connectivity index (χ3v) is 6.85. The van der Waals surface area contributed by atoms with E-state index in [1.807, 2.05) is 0 Å². The zero-order valence-electron chi connectivity index (χ0n) is 18.3. The Labute approximate surface area is 189 Å². The molecule has 0 amide bonds. The number of alkyl halides is 3. The molecule has 2 aromatic carbocycles. The number of halogens is 6. The van der Waals surface area contributed by atoms with Crippen LogP contribution < -0.4 is 4.74 Å². The second kappa shape index (κ2) is 9.43. The molecule has 1 saturated carbocycles. The first-order valence-electron chi connectivity index (χ1n) is 11.4. The van der Waals surface area contributed by atoms with E-state index in [1.54, 1.807) is 0 Å². The number of hydrogen-bond acceptors (Lipinski definition) is 1. The lowest BCUT2D eigenvalue weighted by Gasteiger charge is -2.40. The Kier molecular flexibility index (Phi) is 6.78. The van der Waals surface area contributed by atoms with Gasteiger partial charge in [0.1, 0.15) is 11.6 Å². The molecular formula is C26H26F6O. The first kappa shape index (κ1) is 23.7. The van der Waals surface area contributed by atoms with Crippen LogP contribution in [-0.2, 0) is 6.42 Å². The normalized spacial score (nSPS) is 22.8. The number of ether oxygens (including phenoxy) is 1. The average Bonchev–Trinajstić information content (AvgIpc) is 2.74. The van der Waals surface area contributed by atoms with Gasteiger partial charge in [0.2, 0.25) is 0 Å². The Hall–Kier alpha value is -2.44. The van der Waals surface area contributed by atoms with Gasteiger partial charge in [0.15, 0.2) is 11.6 Å². The third-order valence-electron chi connectivity index (χ3n) is 6.85. The highest BCUT2D eigenvalue weighted by molar-refractivity contribution is 5.68. The maximum atomic E-state index is 15.5. The fourth-order valence-corrected chi connectivity index (χ4v) is 5.38. The third kappa shape index (κ3) is 5.07. The molecule has 0 saturated heterocycles. The van der Waals surface area contributed by atoms with Gasteiger partial charge >= 0.3 is 6.36 Å². The molecule has 2 aliphatic rings. The van der Waals surface area contributed by atoms with Crippen LogP contribution >= 0.6 is 0 Å². The molecular weight excluding hydrogens is 442 g/mol. The highest BCUT2D eigenvalue weighted by Crippen LogP contribution is 2.49. The summed E-state index contributed by atoms with van der Waals surface area (Å²) in [5.41, 5.74) is 0.537. The van der Waals surface area contributed by atoms with Gasteiger partial charge in [0, 0.05) is 0 Å². The van der Waals surface area contributed by atoms with Gasteiger partial charge in [-0.25, -0.2) is 13.2 Å². The lowest BCUT2D eigenvalue weighted by Crippen LogP contribution is -2.28. The molecule has 2 aromatic rings. The summed E-state index contributed by atoms with van der Waals surface area (Å²) in [7, 11) is 0. The standard InChI is InChI=1S/C26H26F6O/c1-2-3-4-5-15-6-9-18-16(12-15)7-10-19-20(18)14-22(28)24(25(19)29)17-8-11-23(21(27)13-17)33-26(30,31)32/h4-5,8,11,13-16,18H,2-3,6-7,9-10,12H2,1H3/b5-4+. The van der Waals surface area contributed by atoms with Crippen molar-refractivity contribution in [1.82, 2.24) is 0 Å². The van der Waals surface area contributed by atoms with Crippen molar-refractivity contribution in [2.75, 3.05) is 0 Å². The summed E-state index contributed by atoms with van der Waals surface area (Å²) in [6.07, 6.45) is 5.67. The Bertz CT molecular complexity index is 1040. The monoisotopic (exact) mass is 468 g/mol. The van der Waals surface area contributed by atoms with Gasteiger partial charge in [0.05, 0.1) is 5.56 Å². The molecule has 33 heavy (non-hydrogen) atoms. The molecule has 2 aliphatic carbocycles. The van der Waals surface area contributed by atoms with Crippen LogP contribution in [0.25, 0.3) is 11.1 Å². The second-order valence-corrected chi connectivity index (χ2v) is 9.00. The van der Waals surface area contributed by atoms with Crippen LogP contribution in [0, 0.1) is 29.3 Å². The lowest BCUT2D eigenvalue weighted by molar-refractivity contribution is -0.275. The van der Waals surface area contributed by atoms with Crippen molar-refractivity contribution in [2.45, 2.75) is 64.1 Å². The fraction of sp³-hybridized carbons (Fsp3) is 0.462. The van der Waals surface area contributed by atoms with Gasteiger partial charge in [0.25, 0.3) is 0 Å². The molecule has 1 fully saturated rings. The summed E-state index contributed by atoms with van der Waals surface area (Å²) < 4.78 is 85.5. The minimum Gasteiger partial charge on any atom is -0.403 e. The van der Waals surface area contributed by atoms with Crippen molar-refractivity contribution in [3.8, 4) is 16.9 Å². The van der Waals surface area contributed by atoms with Crippen molar-refractivity contribution in [2.24, 2.45) is 11.8 Å². The van der Waals surface area contributed by atoms with E-state index in [0.29, 0.717) is 35.4 Å². The quantitative estimate of drug-likeness (QED) is 0.316. The van der Waals surface area contributed by atoms with E-state index in [4.69, 9.17) is 0 Å². The summed E-state index contributed by atoms with van der Waals surface area (Å²) >= 11 is 0. The van der Waals surface area contributed by atoms with Crippen LogP contribution in [0.1, 0.15) is 62.5 Å². The second-order valence-electron chi connectivity index (χ2n) is 9.00. The zero-order valence-corrected chi connectivity index (χ0v) is 18.3. The maximum Gasteiger partial charge on any atom is 0.573 e. The van der Waals surface area contributed by atoms with Gasteiger partial charge in [-0.3, -0.25) is 0 Å². The topological polar surface area (TPSA) is 9.23 Å². The van der Waals surface area contributed by atoms with E-state index in [-0.39, 0.29) is 11.5 Å². The molecule has 4 rings (SSSR count). The molecule has 0 heterocycles. The highest BCUT2D eigenvalue weighted by atomic mass is 19.4. The SMILES string of the molecule is CCC/C=C/C1CCC2c3cc(F)c(-c4ccc(OC(F)(F)F)c(F)c4)c(F)c3CCC2C1. The summed E-state index contributed by atoms with van der Waals surface area (Å²) in [5, 5.41) is 0. The van der Waals surface area contributed by atoms with Gasteiger partial charge in [-0.2, -0.15) is 0 Å². The van der Waals surface area contributed by atoms with E-state index in [2.05, 4.69) is 23.8 Å². The average molecular weight is 468 g/mol. The molecule has 0 aromatic heterocycles. The number of rotatable bonds is 5. The molecule has 3 atom stereocenters. The number of benzene rings is 2. The fourth-order valence-electron chi connectivity index (χ4n) is 5.38. The molecule has 0 aliphatic heterocycles. The summed E-state index contributed by atoms with van der Waals surface area (Å²) in [5.74, 6) is -3.02. The molecule has 0 N–H and O–H groups in total. The van der Waals surface area contributed by atoms with Crippen molar-refractivity contribution >= 4 is 0 Å². The van der Waals surface area contributed by atoms with Crippen LogP contribution in [0.5, 0.6) is 5.75 Å². The number of unbranched alkanes of at least 4 members (excludes halogenated alkanes) is 1. The highest BCUT2D eigenvalue weighted by Gasteiger charge is 2.37. The molecule has 0 bridgehead atoms. The van der Waals surface area contributed by atoms with Crippen LogP contribution in [0.15, 0.2) is 36.4 Å². The Balaban J connectivity index is 1.61. The smallest absolute Gasteiger partial charge is 0.403 e. The first-order chi connectivity index (χ1) is 15.7. The Morgan fingerprint density at radius 2 is 1.82 bits per heavy atom. The van der Waals surface area contributed by atoms with Crippen molar-refractivity contribution in [1.29, 1.82) is 0 Å². The van der Waals surface area contributed by atoms with Crippen molar-refractivity contribution in [3.63, 3.8) is 0 Å². The van der Waals surface area contributed by atoms with E-state index in [0.717, 1.165) is 50.7 Å². The molecule has 0 spiro atoms. The summed E-state index contributed by atoms with van der Waals surface area (Å²) in [6.45, 7) is 2.13. The molecule has 1 nitrogen and oxygen atoms in total. The van der Waals surface area contributed by atoms with Gasteiger partial charge in [-0.15, -0.1) is 13.2 Å². The molecule has 178 valence electrons. The number of allylic oxidation sites excluding steroid dienone is 2. The molecule has 3 unspecified atom stereocenters. The Morgan fingerprint density at radius 1 is 1.03 bits per heavy atom. The van der Waals surface area contributed by atoms with Crippen molar-refractivity contribution < 1.29 is 31.1 Å². The minimum atomic E-state index is -5.06. The molecule has 7 heteroatoms. The van der Waals surface area contributed by atoms with Crippen LogP contribution in [-0.4, -0.2) is 6.36 Å². The van der Waals surface area contributed by atoms with E-state index in [1.165, 1.54) is 6.07 Å². The number of hydrogen-bond donors (Lipinski definition) is 0. The van der Waals surface area contributed by atoms with Gasteiger partial charge in [-0.1, -0.05) is 31.6 Å². The maximum absolute atomic E-state index is 15.5. The summed E-state index contributed by atoms with van der Waals surface area (Å²) in [6, 6.07) is 3.79. The largest absolute Gasteiger partial charge is 0.573 e. The van der Waals surface area contributed by atoms with Crippen LogP contribution in [0.3, 0.4) is 0 Å². The predicted molar refractivity (Wildman–Crippen MR) is 114 cm³/mol. The first-order valence-corrected chi connectivity index (χ1v) is 11.4. The van der Waals surface area contributed by atoms with E-state index >= 15 is 8.78 Å². The molecule has 0 radical (unpaired) electrons. The zero-order chi connectivity index (χ0) is 23.8.